The highest BCUT2D eigenvalue weighted by molar-refractivity contribution is 5.83. The van der Waals surface area contributed by atoms with Gasteiger partial charge in [0, 0.05) is 18.8 Å². The van der Waals surface area contributed by atoms with Crippen LogP contribution in [-0.4, -0.2) is 5.78 Å². The molecule has 3 unspecified atom stereocenters. The smallest absolute Gasteiger partial charge is 0.136 e. The largest absolute Gasteiger partial charge is 0.299 e. The average Bonchev–Trinajstić information content (AvgIpc) is 2.58. The zero-order chi connectivity index (χ0) is 12.0. The summed E-state index contributed by atoms with van der Waals surface area (Å²) in [5.41, 5.74) is 0. The Labute approximate surface area is 99.3 Å². The van der Waals surface area contributed by atoms with E-state index in [0.717, 1.165) is 25.7 Å². The second-order valence-electron chi connectivity index (χ2n) is 4.86. The van der Waals surface area contributed by atoms with Crippen LogP contribution in [0.4, 0.5) is 0 Å². The molecular formula is C15H22O. The molecule has 0 bridgehead atoms. The summed E-state index contributed by atoms with van der Waals surface area (Å²) in [7, 11) is 0. The number of hydrogen-bond acceptors (Lipinski definition) is 1. The van der Waals surface area contributed by atoms with Gasteiger partial charge in [0.05, 0.1) is 0 Å². The first-order valence-electron chi connectivity index (χ1n) is 6.24. The Morgan fingerprint density at radius 3 is 2.88 bits per heavy atom. The van der Waals surface area contributed by atoms with Gasteiger partial charge in [-0.3, -0.25) is 4.79 Å². The van der Waals surface area contributed by atoms with Gasteiger partial charge in [-0.05, 0) is 31.6 Å². The highest BCUT2D eigenvalue weighted by Crippen LogP contribution is 2.29. The molecule has 0 spiro atoms. The van der Waals surface area contributed by atoms with Gasteiger partial charge in [0.2, 0.25) is 0 Å². The third-order valence-electron chi connectivity index (χ3n) is 3.42. The number of allylic oxidation sites excluding steroid dienone is 2. The zero-order valence-electron chi connectivity index (χ0n) is 10.6. The van der Waals surface area contributed by atoms with Gasteiger partial charge in [-0.25, -0.2) is 0 Å². The van der Waals surface area contributed by atoms with Crippen LogP contribution < -0.4 is 0 Å². The fourth-order valence-corrected chi connectivity index (χ4v) is 2.13. The number of rotatable bonds is 4. The molecule has 0 aromatic carbocycles. The second-order valence-corrected chi connectivity index (χ2v) is 4.86. The average molecular weight is 218 g/mol. The lowest BCUT2D eigenvalue weighted by molar-refractivity contribution is -0.120. The number of ketones is 1. The van der Waals surface area contributed by atoms with Crippen molar-refractivity contribution in [2.24, 2.45) is 17.8 Å². The molecule has 3 atom stereocenters. The molecule has 1 aliphatic rings. The van der Waals surface area contributed by atoms with Crippen LogP contribution in [0.5, 0.6) is 0 Å². The Kier molecular flexibility index (Phi) is 5.32. The van der Waals surface area contributed by atoms with Crippen LogP contribution in [-0.2, 0) is 4.79 Å². The van der Waals surface area contributed by atoms with Crippen molar-refractivity contribution in [3.05, 3.63) is 12.2 Å². The summed E-state index contributed by atoms with van der Waals surface area (Å²) >= 11 is 0. The Morgan fingerprint density at radius 2 is 2.31 bits per heavy atom. The van der Waals surface area contributed by atoms with Gasteiger partial charge in [-0.2, -0.15) is 0 Å². The topological polar surface area (TPSA) is 17.1 Å². The lowest BCUT2D eigenvalue weighted by Gasteiger charge is -2.09. The van der Waals surface area contributed by atoms with Crippen LogP contribution in [0.15, 0.2) is 12.2 Å². The van der Waals surface area contributed by atoms with Crippen molar-refractivity contribution < 1.29 is 4.79 Å². The van der Waals surface area contributed by atoms with E-state index in [1.165, 1.54) is 0 Å². The van der Waals surface area contributed by atoms with E-state index in [4.69, 9.17) is 0 Å². The van der Waals surface area contributed by atoms with Crippen molar-refractivity contribution in [3.8, 4) is 11.8 Å². The predicted molar refractivity (Wildman–Crippen MR) is 67.9 cm³/mol. The zero-order valence-corrected chi connectivity index (χ0v) is 10.6. The molecule has 0 heterocycles. The summed E-state index contributed by atoms with van der Waals surface area (Å²) in [6.45, 7) is 6.16. The third kappa shape index (κ3) is 3.85. The molecule has 0 N–H and O–H groups in total. The van der Waals surface area contributed by atoms with Crippen molar-refractivity contribution in [1.29, 1.82) is 0 Å². The van der Waals surface area contributed by atoms with Crippen LogP contribution in [0.3, 0.4) is 0 Å². The highest BCUT2D eigenvalue weighted by Gasteiger charge is 2.28. The van der Waals surface area contributed by atoms with Crippen LogP contribution in [0.2, 0.25) is 0 Å². The third-order valence-corrected chi connectivity index (χ3v) is 3.42. The Morgan fingerprint density at radius 1 is 1.56 bits per heavy atom. The van der Waals surface area contributed by atoms with E-state index in [-0.39, 0.29) is 5.92 Å². The maximum Gasteiger partial charge on any atom is 0.136 e. The molecule has 1 rings (SSSR count). The molecule has 1 fully saturated rings. The summed E-state index contributed by atoms with van der Waals surface area (Å²) in [5, 5.41) is 0. The molecular weight excluding hydrogens is 196 g/mol. The van der Waals surface area contributed by atoms with Crippen LogP contribution in [0.1, 0.15) is 46.5 Å². The number of hydrogen-bond donors (Lipinski definition) is 0. The summed E-state index contributed by atoms with van der Waals surface area (Å²) in [6, 6.07) is 0. The SMILES string of the molecule is CC#CCC(C)C/C=C/C1CCC(=O)C1C. The van der Waals surface area contributed by atoms with Gasteiger partial charge < -0.3 is 0 Å². The number of carbonyl (C=O) groups is 1. The van der Waals surface area contributed by atoms with Crippen molar-refractivity contribution in [1.82, 2.24) is 0 Å². The quantitative estimate of drug-likeness (QED) is 0.520. The van der Waals surface area contributed by atoms with Gasteiger partial charge >= 0.3 is 0 Å². The minimum Gasteiger partial charge on any atom is -0.299 e. The minimum absolute atomic E-state index is 0.238. The Hall–Kier alpha value is -1.03. The van der Waals surface area contributed by atoms with E-state index >= 15 is 0 Å². The van der Waals surface area contributed by atoms with Crippen LogP contribution >= 0.6 is 0 Å². The Balaban J connectivity index is 2.31. The molecule has 1 nitrogen and oxygen atoms in total. The standard InChI is InChI=1S/C15H22O/c1-4-5-7-12(2)8-6-9-14-10-11-15(16)13(14)3/h6,9,12-14H,7-8,10-11H2,1-3H3/b9-6+. The number of Topliss-reactive ketones (excluding diaryl/α,β-unsaturated/α-hetero) is 1. The number of carbonyl (C=O) groups excluding carboxylic acids is 1. The maximum atomic E-state index is 11.4. The molecule has 0 aliphatic heterocycles. The van der Waals surface area contributed by atoms with Crippen molar-refractivity contribution in [2.75, 3.05) is 0 Å². The van der Waals surface area contributed by atoms with Crippen molar-refractivity contribution in [3.63, 3.8) is 0 Å². The first kappa shape index (κ1) is 13.0. The predicted octanol–water partition coefficient (Wildman–Crippen LogP) is 3.60. The molecule has 0 radical (unpaired) electrons. The van der Waals surface area contributed by atoms with E-state index in [1.807, 2.05) is 6.92 Å². The minimum atomic E-state index is 0.238. The molecule has 16 heavy (non-hydrogen) atoms. The fourth-order valence-electron chi connectivity index (χ4n) is 2.13. The summed E-state index contributed by atoms with van der Waals surface area (Å²) in [4.78, 5) is 11.4. The summed E-state index contributed by atoms with van der Waals surface area (Å²) in [6.07, 6.45) is 8.34. The molecule has 0 amide bonds. The summed E-state index contributed by atoms with van der Waals surface area (Å²) < 4.78 is 0. The highest BCUT2D eigenvalue weighted by atomic mass is 16.1. The molecule has 1 heteroatoms. The van der Waals surface area contributed by atoms with Gasteiger partial charge in [0.1, 0.15) is 5.78 Å². The van der Waals surface area contributed by atoms with E-state index in [1.54, 1.807) is 0 Å². The van der Waals surface area contributed by atoms with E-state index in [2.05, 4.69) is 37.8 Å². The lowest BCUT2D eigenvalue weighted by atomic mass is 9.95. The monoisotopic (exact) mass is 218 g/mol. The molecule has 88 valence electrons. The Bertz CT molecular complexity index is 316. The molecule has 1 saturated carbocycles. The normalized spacial score (nSPS) is 26.8. The van der Waals surface area contributed by atoms with Gasteiger partial charge in [-0.15, -0.1) is 11.8 Å². The molecule has 1 aliphatic carbocycles. The van der Waals surface area contributed by atoms with Crippen LogP contribution in [0, 0.1) is 29.6 Å². The van der Waals surface area contributed by atoms with Crippen LogP contribution in [0.25, 0.3) is 0 Å². The van der Waals surface area contributed by atoms with Crippen molar-refractivity contribution >= 4 is 5.78 Å². The maximum absolute atomic E-state index is 11.4. The molecule has 0 aromatic heterocycles. The van der Waals surface area contributed by atoms with E-state index < -0.39 is 0 Å². The second kappa shape index (κ2) is 6.53. The van der Waals surface area contributed by atoms with Crippen molar-refractivity contribution in [2.45, 2.75) is 46.5 Å². The van der Waals surface area contributed by atoms with E-state index in [9.17, 15) is 4.79 Å². The molecule has 0 saturated heterocycles. The first-order valence-corrected chi connectivity index (χ1v) is 6.24. The summed E-state index contributed by atoms with van der Waals surface area (Å²) in [5.74, 6) is 7.80. The fraction of sp³-hybridized carbons (Fsp3) is 0.667. The lowest BCUT2D eigenvalue weighted by Crippen LogP contribution is -2.07. The van der Waals surface area contributed by atoms with E-state index in [0.29, 0.717) is 17.6 Å². The van der Waals surface area contributed by atoms with Gasteiger partial charge in [0.15, 0.2) is 0 Å². The van der Waals surface area contributed by atoms with Gasteiger partial charge in [0.25, 0.3) is 0 Å². The molecule has 0 aromatic rings. The van der Waals surface area contributed by atoms with Gasteiger partial charge in [-0.1, -0.05) is 26.0 Å². The first-order chi connectivity index (χ1) is 7.65.